The molecule has 2 heterocycles. The fraction of sp³-hybridized carbons (Fsp3) is 0.400. The van der Waals surface area contributed by atoms with Crippen LogP contribution >= 0.6 is 0 Å². The second-order valence-corrected chi connectivity index (χ2v) is 5.10. The molecule has 130 valence electrons. The molecule has 0 atom stereocenters. The number of guanidine groups is 1. The summed E-state index contributed by atoms with van der Waals surface area (Å²) >= 11 is 0. The van der Waals surface area contributed by atoms with Gasteiger partial charge in [-0.15, -0.1) is 0 Å². The van der Waals surface area contributed by atoms with Crippen molar-refractivity contribution in [2.75, 3.05) is 13.6 Å². The Morgan fingerprint density at radius 2 is 2.08 bits per heavy atom. The number of nitrogens with zero attached hydrogens (tertiary/aromatic N) is 4. The number of aryl methyl sites for hydroxylation is 1. The summed E-state index contributed by atoms with van der Waals surface area (Å²) in [6.07, 6.45) is -0.739. The molecule has 2 rings (SSSR count). The fourth-order valence-electron chi connectivity index (χ4n) is 2.16. The Bertz CT molecular complexity index is 678. The molecule has 0 saturated heterocycles. The van der Waals surface area contributed by atoms with Gasteiger partial charge in [-0.3, -0.25) is 14.7 Å². The van der Waals surface area contributed by atoms with Gasteiger partial charge in [0, 0.05) is 57.3 Å². The molecule has 24 heavy (non-hydrogen) atoms. The summed E-state index contributed by atoms with van der Waals surface area (Å²) in [6, 6.07) is 5.64. The van der Waals surface area contributed by atoms with Crippen molar-refractivity contribution in [1.29, 1.82) is 0 Å². The Hall–Kier alpha value is -2.58. The van der Waals surface area contributed by atoms with Gasteiger partial charge in [0.05, 0.1) is 0 Å². The summed E-state index contributed by atoms with van der Waals surface area (Å²) in [5.41, 5.74) is 0.103. The molecule has 0 amide bonds. The van der Waals surface area contributed by atoms with E-state index >= 15 is 0 Å². The number of hydrogen-bond acceptors (Lipinski definition) is 3. The number of aliphatic imine (C=N–C) groups is 1. The van der Waals surface area contributed by atoms with Gasteiger partial charge in [0.25, 0.3) is 0 Å². The van der Waals surface area contributed by atoms with Gasteiger partial charge in [-0.1, -0.05) is 6.07 Å². The van der Waals surface area contributed by atoms with E-state index in [2.05, 4.69) is 25.7 Å². The van der Waals surface area contributed by atoms with Crippen molar-refractivity contribution >= 4 is 5.96 Å². The minimum atomic E-state index is -4.48. The van der Waals surface area contributed by atoms with E-state index in [-0.39, 0.29) is 12.1 Å². The number of halogens is 3. The number of rotatable bonds is 5. The highest BCUT2D eigenvalue weighted by Crippen LogP contribution is 2.30. The Kier molecular flexibility index (Phi) is 5.78. The van der Waals surface area contributed by atoms with Crippen molar-refractivity contribution in [3.63, 3.8) is 0 Å². The zero-order chi connectivity index (χ0) is 17.6. The third-order valence-electron chi connectivity index (χ3n) is 3.24. The molecule has 0 bridgehead atoms. The number of nitrogens with one attached hydrogen (secondary N) is 2. The lowest BCUT2D eigenvalue weighted by Crippen LogP contribution is -2.38. The molecule has 0 fully saturated rings. The van der Waals surface area contributed by atoms with E-state index < -0.39 is 11.9 Å². The fourth-order valence-corrected chi connectivity index (χ4v) is 2.16. The zero-order valence-electron chi connectivity index (χ0n) is 13.4. The van der Waals surface area contributed by atoms with Crippen molar-refractivity contribution < 1.29 is 13.2 Å². The van der Waals surface area contributed by atoms with Gasteiger partial charge in [-0.05, 0) is 12.1 Å². The first-order valence-electron chi connectivity index (χ1n) is 7.34. The summed E-state index contributed by atoms with van der Waals surface area (Å²) in [4.78, 5) is 8.20. The average Bonchev–Trinajstić information content (AvgIpc) is 2.93. The topological polar surface area (TPSA) is 67.1 Å². The Morgan fingerprint density at radius 3 is 2.71 bits per heavy atom. The standard InChI is InChI=1S/C15H19F3N6/c1-19-14(21-8-6-12-5-3-4-7-20-12)22-9-11-10-24(2)23-13(11)15(16,17)18/h3-5,7,10H,6,8-9H2,1-2H3,(H2,19,21,22). The van der Waals surface area contributed by atoms with Crippen LogP contribution in [0.25, 0.3) is 0 Å². The molecule has 2 aromatic rings. The highest BCUT2D eigenvalue weighted by Gasteiger charge is 2.36. The van der Waals surface area contributed by atoms with Crippen molar-refractivity contribution in [3.05, 3.63) is 47.5 Å². The maximum absolute atomic E-state index is 12.9. The number of pyridine rings is 1. The van der Waals surface area contributed by atoms with Crippen LogP contribution in [0.4, 0.5) is 13.2 Å². The predicted octanol–water partition coefficient (Wildman–Crippen LogP) is 1.74. The SMILES string of the molecule is CN=C(NCCc1ccccn1)NCc1cn(C)nc1C(F)(F)F. The molecule has 2 N–H and O–H groups in total. The summed E-state index contributed by atoms with van der Waals surface area (Å²) in [5.74, 6) is 0.419. The third kappa shape index (κ3) is 4.97. The highest BCUT2D eigenvalue weighted by atomic mass is 19.4. The van der Waals surface area contributed by atoms with E-state index in [4.69, 9.17) is 0 Å². The number of hydrogen-bond donors (Lipinski definition) is 2. The van der Waals surface area contributed by atoms with Crippen molar-refractivity contribution in [3.8, 4) is 0 Å². The van der Waals surface area contributed by atoms with E-state index in [1.54, 1.807) is 13.2 Å². The molecule has 6 nitrogen and oxygen atoms in total. The van der Waals surface area contributed by atoms with Crippen LogP contribution < -0.4 is 10.6 Å². The second-order valence-electron chi connectivity index (χ2n) is 5.10. The highest BCUT2D eigenvalue weighted by molar-refractivity contribution is 5.79. The van der Waals surface area contributed by atoms with Crippen LogP contribution in [0, 0.1) is 0 Å². The molecule has 0 aliphatic carbocycles. The molecule has 0 radical (unpaired) electrons. The summed E-state index contributed by atoms with van der Waals surface area (Å²) < 4.78 is 39.9. The van der Waals surface area contributed by atoms with Crippen LogP contribution in [0.5, 0.6) is 0 Å². The zero-order valence-corrected chi connectivity index (χ0v) is 13.4. The van der Waals surface area contributed by atoms with Crippen molar-refractivity contribution in [1.82, 2.24) is 25.4 Å². The molecular formula is C15H19F3N6. The first-order valence-corrected chi connectivity index (χ1v) is 7.34. The summed E-state index contributed by atoms with van der Waals surface area (Å²) in [7, 11) is 3.02. The Balaban J connectivity index is 1.88. The number of aromatic nitrogens is 3. The predicted molar refractivity (Wildman–Crippen MR) is 84.4 cm³/mol. The molecule has 0 aliphatic rings. The van der Waals surface area contributed by atoms with Gasteiger partial charge in [-0.2, -0.15) is 18.3 Å². The van der Waals surface area contributed by atoms with E-state index in [9.17, 15) is 13.2 Å². The Labute approximate surface area is 137 Å². The van der Waals surface area contributed by atoms with Gasteiger partial charge >= 0.3 is 6.18 Å². The normalized spacial score (nSPS) is 12.3. The molecule has 0 saturated carbocycles. The molecule has 9 heteroatoms. The first-order chi connectivity index (χ1) is 11.4. The minimum absolute atomic E-state index is 0.0219. The number of alkyl halides is 3. The van der Waals surface area contributed by atoms with E-state index in [1.807, 2.05) is 18.2 Å². The molecular weight excluding hydrogens is 321 g/mol. The lowest BCUT2D eigenvalue weighted by molar-refractivity contribution is -0.142. The van der Waals surface area contributed by atoms with Gasteiger partial charge in [0.15, 0.2) is 11.7 Å². The van der Waals surface area contributed by atoms with Crippen LogP contribution in [0.15, 0.2) is 35.6 Å². The van der Waals surface area contributed by atoms with Crippen LogP contribution in [0.3, 0.4) is 0 Å². The van der Waals surface area contributed by atoms with Crippen LogP contribution in [-0.2, 0) is 26.2 Å². The van der Waals surface area contributed by atoms with E-state index in [0.717, 1.165) is 10.4 Å². The van der Waals surface area contributed by atoms with Gasteiger partial charge in [-0.25, -0.2) is 0 Å². The monoisotopic (exact) mass is 340 g/mol. The van der Waals surface area contributed by atoms with Crippen molar-refractivity contribution in [2.24, 2.45) is 12.0 Å². The van der Waals surface area contributed by atoms with Crippen LogP contribution in [0.2, 0.25) is 0 Å². The van der Waals surface area contributed by atoms with Crippen LogP contribution in [-0.4, -0.2) is 34.3 Å². The van der Waals surface area contributed by atoms with E-state index in [1.165, 1.54) is 13.2 Å². The lowest BCUT2D eigenvalue weighted by Gasteiger charge is -2.12. The summed E-state index contributed by atoms with van der Waals surface area (Å²) in [5, 5.41) is 9.38. The quantitative estimate of drug-likeness (QED) is 0.643. The van der Waals surface area contributed by atoms with E-state index in [0.29, 0.717) is 18.9 Å². The average molecular weight is 340 g/mol. The first kappa shape index (κ1) is 17.8. The third-order valence-corrected chi connectivity index (χ3v) is 3.24. The molecule has 0 aromatic carbocycles. The summed E-state index contributed by atoms with van der Waals surface area (Å²) in [6.45, 7) is 0.543. The smallest absolute Gasteiger partial charge is 0.356 e. The molecule has 2 aromatic heterocycles. The molecule has 0 spiro atoms. The second kappa shape index (κ2) is 7.80. The lowest BCUT2D eigenvalue weighted by atomic mass is 10.2. The maximum atomic E-state index is 12.9. The van der Waals surface area contributed by atoms with Crippen LogP contribution in [0.1, 0.15) is 17.0 Å². The van der Waals surface area contributed by atoms with Crippen molar-refractivity contribution in [2.45, 2.75) is 19.1 Å². The van der Waals surface area contributed by atoms with Gasteiger partial charge in [0.1, 0.15) is 0 Å². The van der Waals surface area contributed by atoms with Gasteiger partial charge in [0.2, 0.25) is 0 Å². The molecule has 0 aliphatic heterocycles. The minimum Gasteiger partial charge on any atom is -0.356 e. The largest absolute Gasteiger partial charge is 0.435 e. The Morgan fingerprint density at radius 1 is 1.29 bits per heavy atom. The molecule has 0 unspecified atom stereocenters. The maximum Gasteiger partial charge on any atom is 0.435 e. The van der Waals surface area contributed by atoms with Gasteiger partial charge < -0.3 is 10.6 Å².